The topological polar surface area (TPSA) is 0 Å². The lowest BCUT2D eigenvalue weighted by molar-refractivity contribution is 0.367. The second-order valence-electron chi connectivity index (χ2n) is 3.78. The van der Waals surface area contributed by atoms with Crippen LogP contribution in [0.1, 0.15) is 52.4 Å². The molecule has 0 heterocycles. The molecular formula is C12H24. The summed E-state index contributed by atoms with van der Waals surface area (Å²) in [4.78, 5) is 0. The fourth-order valence-electron chi connectivity index (χ4n) is 1.56. The van der Waals surface area contributed by atoms with Crippen molar-refractivity contribution in [3.8, 4) is 0 Å². The van der Waals surface area contributed by atoms with Crippen molar-refractivity contribution in [1.29, 1.82) is 0 Å². The fraction of sp³-hybridized carbons (Fsp3) is 0.833. The number of rotatable bonds is 7. The summed E-state index contributed by atoms with van der Waals surface area (Å²) < 4.78 is 0. The molecule has 0 aliphatic heterocycles. The molecular weight excluding hydrogens is 144 g/mol. The maximum Gasteiger partial charge on any atom is -0.0414 e. The summed E-state index contributed by atoms with van der Waals surface area (Å²) in [5, 5.41) is 0. The molecule has 2 radical (unpaired) electrons. The Hall–Kier alpha value is 0. The van der Waals surface area contributed by atoms with Gasteiger partial charge in [-0.1, -0.05) is 59.8 Å². The van der Waals surface area contributed by atoms with Gasteiger partial charge in [0, 0.05) is 0 Å². The lowest BCUT2D eigenvalue weighted by atomic mass is 9.88. The Morgan fingerprint density at radius 1 is 1.17 bits per heavy atom. The summed E-state index contributed by atoms with van der Waals surface area (Å²) in [6.07, 6.45) is 7.57. The molecule has 0 fully saturated rings. The van der Waals surface area contributed by atoms with Gasteiger partial charge >= 0.3 is 0 Å². The van der Waals surface area contributed by atoms with E-state index in [1.807, 2.05) is 0 Å². The molecule has 0 amide bonds. The van der Waals surface area contributed by atoms with Crippen LogP contribution in [0.25, 0.3) is 0 Å². The minimum atomic E-state index is 0.666. The van der Waals surface area contributed by atoms with Gasteiger partial charge in [0.2, 0.25) is 0 Å². The van der Waals surface area contributed by atoms with E-state index < -0.39 is 0 Å². The zero-order valence-electron chi connectivity index (χ0n) is 8.81. The van der Waals surface area contributed by atoms with Crippen molar-refractivity contribution < 1.29 is 0 Å². The third-order valence-corrected chi connectivity index (χ3v) is 2.68. The Labute approximate surface area is 78.8 Å². The second kappa shape index (κ2) is 7.64. The highest BCUT2D eigenvalue weighted by Gasteiger charge is 2.09. The van der Waals surface area contributed by atoms with Crippen molar-refractivity contribution in [3.63, 3.8) is 0 Å². The highest BCUT2D eigenvalue weighted by molar-refractivity contribution is 4.66. The van der Waals surface area contributed by atoms with Gasteiger partial charge in [0.05, 0.1) is 0 Å². The summed E-state index contributed by atoms with van der Waals surface area (Å²) in [5.74, 6) is 1.56. The molecule has 0 aromatic rings. The van der Waals surface area contributed by atoms with Crippen LogP contribution in [0.15, 0.2) is 0 Å². The van der Waals surface area contributed by atoms with E-state index in [-0.39, 0.29) is 0 Å². The van der Waals surface area contributed by atoms with Crippen LogP contribution in [0, 0.1) is 25.7 Å². The first-order chi connectivity index (χ1) is 5.74. The summed E-state index contributed by atoms with van der Waals surface area (Å²) in [7, 11) is 0. The third kappa shape index (κ3) is 5.62. The van der Waals surface area contributed by atoms with Crippen LogP contribution in [0.3, 0.4) is 0 Å². The Morgan fingerprint density at radius 2 is 1.83 bits per heavy atom. The van der Waals surface area contributed by atoms with Crippen LogP contribution < -0.4 is 0 Å². The summed E-state index contributed by atoms with van der Waals surface area (Å²) in [5.41, 5.74) is 0. The first-order valence-electron chi connectivity index (χ1n) is 5.36. The Balaban J connectivity index is 3.51. The molecule has 2 unspecified atom stereocenters. The molecule has 12 heavy (non-hydrogen) atoms. The molecule has 0 heteroatoms. The van der Waals surface area contributed by atoms with Crippen molar-refractivity contribution in [2.24, 2.45) is 11.8 Å². The number of unbranched alkanes of at least 4 members (excludes halogenated alkanes) is 1. The summed E-state index contributed by atoms with van der Waals surface area (Å²) in [6, 6.07) is 0. The standard InChI is InChI=1S/C12H24/c1-5-8-9-12(7-3)10-11(4)6-2/h11-12H,1,4-10H2,2-3H3. The second-order valence-corrected chi connectivity index (χ2v) is 3.78. The molecule has 72 valence electrons. The predicted molar refractivity (Wildman–Crippen MR) is 56.7 cm³/mol. The molecule has 0 aliphatic carbocycles. The van der Waals surface area contributed by atoms with Gasteiger partial charge in [0.25, 0.3) is 0 Å². The first-order valence-corrected chi connectivity index (χ1v) is 5.36. The molecule has 0 saturated carbocycles. The summed E-state index contributed by atoms with van der Waals surface area (Å²) in [6.45, 7) is 12.5. The van der Waals surface area contributed by atoms with E-state index in [4.69, 9.17) is 0 Å². The Morgan fingerprint density at radius 3 is 2.25 bits per heavy atom. The van der Waals surface area contributed by atoms with Gasteiger partial charge in [-0.15, -0.1) is 0 Å². The zero-order valence-corrected chi connectivity index (χ0v) is 8.81. The van der Waals surface area contributed by atoms with Crippen LogP contribution in [-0.4, -0.2) is 0 Å². The number of hydrogen-bond acceptors (Lipinski definition) is 0. The molecule has 0 bridgehead atoms. The highest BCUT2D eigenvalue weighted by atomic mass is 14.1. The van der Waals surface area contributed by atoms with E-state index in [1.165, 1.54) is 32.1 Å². The SMILES string of the molecule is [CH2]CCCC(CC)CC([CH2])CC. The molecule has 0 rings (SSSR count). The van der Waals surface area contributed by atoms with Crippen molar-refractivity contribution in [3.05, 3.63) is 13.8 Å². The smallest absolute Gasteiger partial charge is 0.0414 e. The van der Waals surface area contributed by atoms with E-state index >= 15 is 0 Å². The van der Waals surface area contributed by atoms with Crippen molar-refractivity contribution in [2.75, 3.05) is 0 Å². The van der Waals surface area contributed by atoms with Gasteiger partial charge in [0.1, 0.15) is 0 Å². The highest BCUT2D eigenvalue weighted by Crippen LogP contribution is 2.22. The lowest BCUT2D eigenvalue weighted by Crippen LogP contribution is -2.05. The van der Waals surface area contributed by atoms with Gasteiger partial charge in [-0.3, -0.25) is 0 Å². The molecule has 0 aromatic carbocycles. The van der Waals surface area contributed by atoms with E-state index in [2.05, 4.69) is 27.7 Å². The maximum atomic E-state index is 4.14. The van der Waals surface area contributed by atoms with E-state index in [1.54, 1.807) is 0 Å². The van der Waals surface area contributed by atoms with Gasteiger partial charge < -0.3 is 0 Å². The predicted octanol–water partition coefficient (Wildman–Crippen LogP) is 4.27. The molecule has 0 saturated heterocycles. The monoisotopic (exact) mass is 168 g/mol. The Kier molecular flexibility index (Phi) is 7.64. The normalized spacial score (nSPS) is 16.0. The van der Waals surface area contributed by atoms with E-state index in [9.17, 15) is 0 Å². The van der Waals surface area contributed by atoms with Gasteiger partial charge in [0.15, 0.2) is 0 Å². The van der Waals surface area contributed by atoms with Crippen LogP contribution in [0.2, 0.25) is 0 Å². The van der Waals surface area contributed by atoms with Crippen LogP contribution >= 0.6 is 0 Å². The maximum absolute atomic E-state index is 4.14. The van der Waals surface area contributed by atoms with Crippen LogP contribution in [-0.2, 0) is 0 Å². The average molecular weight is 168 g/mol. The minimum Gasteiger partial charge on any atom is -0.0651 e. The Bertz CT molecular complexity index is 86.0. The third-order valence-electron chi connectivity index (χ3n) is 2.68. The zero-order chi connectivity index (χ0) is 9.40. The van der Waals surface area contributed by atoms with Crippen molar-refractivity contribution in [2.45, 2.75) is 52.4 Å². The quantitative estimate of drug-likeness (QED) is 0.532. The fourth-order valence-corrected chi connectivity index (χ4v) is 1.56. The lowest BCUT2D eigenvalue weighted by Gasteiger charge is -2.17. The van der Waals surface area contributed by atoms with E-state index in [0.717, 1.165) is 12.3 Å². The largest absolute Gasteiger partial charge is 0.0651 e. The molecule has 0 spiro atoms. The molecule has 0 aromatic heterocycles. The van der Waals surface area contributed by atoms with Gasteiger partial charge in [-0.2, -0.15) is 0 Å². The van der Waals surface area contributed by atoms with Gasteiger partial charge in [-0.25, -0.2) is 0 Å². The minimum absolute atomic E-state index is 0.666. The van der Waals surface area contributed by atoms with Crippen molar-refractivity contribution in [1.82, 2.24) is 0 Å². The van der Waals surface area contributed by atoms with Gasteiger partial charge in [-0.05, 0) is 18.3 Å². The summed E-state index contributed by atoms with van der Waals surface area (Å²) >= 11 is 0. The van der Waals surface area contributed by atoms with Crippen LogP contribution in [0.5, 0.6) is 0 Å². The number of hydrogen-bond donors (Lipinski definition) is 0. The first kappa shape index (κ1) is 12.0. The van der Waals surface area contributed by atoms with Crippen LogP contribution in [0.4, 0.5) is 0 Å². The molecule has 0 nitrogen and oxygen atoms in total. The molecule has 0 N–H and O–H groups in total. The average Bonchev–Trinajstić information content (AvgIpc) is 2.11. The molecule has 2 atom stereocenters. The van der Waals surface area contributed by atoms with Crippen molar-refractivity contribution >= 4 is 0 Å². The molecule has 0 aliphatic rings. The van der Waals surface area contributed by atoms with E-state index in [0.29, 0.717) is 5.92 Å².